The van der Waals surface area contributed by atoms with Gasteiger partial charge in [-0.2, -0.15) is 0 Å². The summed E-state index contributed by atoms with van der Waals surface area (Å²) in [4.78, 5) is 11.5. The molecule has 1 aliphatic carbocycles. The minimum absolute atomic E-state index is 0.0875. The molecule has 0 aromatic heterocycles. The van der Waals surface area contributed by atoms with Crippen LogP contribution in [-0.2, 0) is 9.53 Å². The van der Waals surface area contributed by atoms with Crippen LogP contribution in [0.4, 0.5) is 4.39 Å². The van der Waals surface area contributed by atoms with Gasteiger partial charge >= 0.3 is 5.97 Å². The van der Waals surface area contributed by atoms with Crippen LogP contribution in [0.3, 0.4) is 0 Å². The molecule has 1 rings (SSSR count). The fraction of sp³-hybridized carbons (Fsp3) is 0.583. The van der Waals surface area contributed by atoms with Gasteiger partial charge in [0.15, 0.2) is 0 Å². The van der Waals surface area contributed by atoms with Crippen molar-refractivity contribution in [3.8, 4) is 0 Å². The Balaban J connectivity index is 2.47. The van der Waals surface area contributed by atoms with Crippen molar-refractivity contribution in [2.75, 3.05) is 6.61 Å². The van der Waals surface area contributed by atoms with Crippen molar-refractivity contribution in [2.45, 2.75) is 33.1 Å². The first-order valence-corrected chi connectivity index (χ1v) is 5.38. The molecule has 1 unspecified atom stereocenters. The number of rotatable bonds is 4. The Labute approximate surface area is 89.8 Å². The molecule has 15 heavy (non-hydrogen) atoms. The highest BCUT2D eigenvalue weighted by Gasteiger charge is 2.18. The Hall–Kier alpha value is -1.12. The van der Waals surface area contributed by atoms with Gasteiger partial charge in [-0.15, -0.1) is 0 Å². The highest BCUT2D eigenvalue weighted by Crippen LogP contribution is 2.21. The standard InChI is InChI=1S/C12H17FO2/c1-3-9(2)8-15-12(14)10-6-4-5-7-11(10)13/h6-7,9H,3-5,8H2,1-2H3. The number of halogens is 1. The zero-order valence-corrected chi connectivity index (χ0v) is 9.25. The summed E-state index contributed by atoms with van der Waals surface area (Å²) in [7, 11) is 0. The second-order valence-electron chi connectivity index (χ2n) is 3.86. The third-order valence-electron chi connectivity index (χ3n) is 2.51. The van der Waals surface area contributed by atoms with Gasteiger partial charge in [0.05, 0.1) is 12.2 Å². The van der Waals surface area contributed by atoms with E-state index in [-0.39, 0.29) is 5.57 Å². The number of carbonyl (C=O) groups is 1. The summed E-state index contributed by atoms with van der Waals surface area (Å²) in [5.41, 5.74) is 0.0875. The summed E-state index contributed by atoms with van der Waals surface area (Å²) >= 11 is 0. The fourth-order valence-corrected chi connectivity index (χ4v) is 1.24. The van der Waals surface area contributed by atoms with Gasteiger partial charge in [0.25, 0.3) is 0 Å². The SMILES string of the molecule is CCC(C)COC(=O)C1=CCCC=C1F. The monoisotopic (exact) mass is 212 g/mol. The largest absolute Gasteiger partial charge is 0.462 e. The van der Waals surface area contributed by atoms with Gasteiger partial charge in [-0.1, -0.05) is 26.3 Å². The van der Waals surface area contributed by atoms with Crippen LogP contribution in [0.2, 0.25) is 0 Å². The van der Waals surface area contributed by atoms with Gasteiger partial charge in [0.1, 0.15) is 5.83 Å². The van der Waals surface area contributed by atoms with E-state index in [4.69, 9.17) is 4.74 Å². The predicted molar refractivity (Wildman–Crippen MR) is 56.9 cm³/mol. The van der Waals surface area contributed by atoms with E-state index < -0.39 is 11.8 Å². The van der Waals surface area contributed by atoms with Crippen LogP contribution in [0.25, 0.3) is 0 Å². The molecule has 84 valence electrons. The Morgan fingerprint density at radius 1 is 1.53 bits per heavy atom. The molecular formula is C12H17FO2. The lowest BCUT2D eigenvalue weighted by Crippen LogP contribution is -2.14. The number of esters is 1. The van der Waals surface area contributed by atoms with E-state index in [9.17, 15) is 9.18 Å². The molecule has 0 spiro atoms. The molecule has 0 radical (unpaired) electrons. The second-order valence-corrected chi connectivity index (χ2v) is 3.86. The Morgan fingerprint density at radius 3 is 2.80 bits per heavy atom. The summed E-state index contributed by atoms with van der Waals surface area (Å²) in [6.45, 7) is 4.38. The maximum absolute atomic E-state index is 13.2. The molecule has 0 amide bonds. The van der Waals surface area contributed by atoms with Crippen LogP contribution >= 0.6 is 0 Å². The Morgan fingerprint density at radius 2 is 2.20 bits per heavy atom. The van der Waals surface area contributed by atoms with Crippen molar-refractivity contribution in [1.29, 1.82) is 0 Å². The molecule has 3 heteroatoms. The average Bonchev–Trinajstić information content (AvgIpc) is 2.26. The summed E-state index contributed by atoms with van der Waals surface area (Å²) in [6, 6.07) is 0. The van der Waals surface area contributed by atoms with Gasteiger partial charge in [0.2, 0.25) is 0 Å². The van der Waals surface area contributed by atoms with E-state index in [0.29, 0.717) is 25.4 Å². The van der Waals surface area contributed by atoms with Crippen LogP contribution in [0.15, 0.2) is 23.6 Å². The van der Waals surface area contributed by atoms with Gasteiger partial charge in [-0.25, -0.2) is 9.18 Å². The van der Waals surface area contributed by atoms with Crippen LogP contribution in [0.1, 0.15) is 33.1 Å². The molecule has 0 heterocycles. The zero-order chi connectivity index (χ0) is 11.3. The molecule has 0 saturated carbocycles. The maximum Gasteiger partial charge on any atom is 0.340 e. The minimum atomic E-state index is -0.538. The van der Waals surface area contributed by atoms with E-state index in [1.807, 2.05) is 13.8 Å². The van der Waals surface area contributed by atoms with Crippen LogP contribution in [0, 0.1) is 5.92 Å². The molecule has 1 aliphatic rings. The van der Waals surface area contributed by atoms with Crippen molar-refractivity contribution in [3.05, 3.63) is 23.6 Å². The first-order valence-electron chi connectivity index (χ1n) is 5.38. The van der Waals surface area contributed by atoms with Gasteiger partial charge in [-0.3, -0.25) is 0 Å². The normalized spacial score (nSPS) is 17.8. The molecule has 0 fully saturated rings. The van der Waals surface area contributed by atoms with Crippen molar-refractivity contribution >= 4 is 5.97 Å². The third-order valence-corrected chi connectivity index (χ3v) is 2.51. The molecule has 0 N–H and O–H groups in total. The number of allylic oxidation sites excluding steroid dienone is 2. The van der Waals surface area contributed by atoms with Crippen LogP contribution in [-0.4, -0.2) is 12.6 Å². The van der Waals surface area contributed by atoms with E-state index in [1.54, 1.807) is 6.08 Å². The van der Waals surface area contributed by atoms with Gasteiger partial charge in [0, 0.05) is 0 Å². The van der Waals surface area contributed by atoms with E-state index in [2.05, 4.69) is 0 Å². The Kier molecular flexibility index (Phi) is 4.53. The predicted octanol–water partition coefficient (Wildman–Crippen LogP) is 3.15. The van der Waals surface area contributed by atoms with Crippen molar-refractivity contribution in [3.63, 3.8) is 0 Å². The minimum Gasteiger partial charge on any atom is -0.462 e. The van der Waals surface area contributed by atoms with E-state index in [0.717, 1.165) is 6.42 Å². The molecule has 0 aliphatic heterocycles. The van der Waals surface area contributed by atoms with Gasteiger partial charge < -0.3 is 4.74 Å². The summed E-state index contributed by atoms with van der Waals surface area (Å²) in [5.74, 6) is -0.663. The number of hydrogen-bond donors (Lipinski definition) is 0. The molecule has 0 aromatic rings. The van der Waals surface area contributed by atoms with Crippen molar-refractivity contribution in [2.24, 2.45) is 5.92 Å². The first kappa shape index (κ1) is 12.0. The number of ether oxygens (including phenoxy) is 1. The summed E-state index contributed by atoms with van der Waals surface area (Å²) in [6.07, 6.45) is 5.36. The second kappa shape index (κ2) is 5.69. The lowest BCUT2D eigenvalue weighted by molar-refractivity contribution is -0.140. The highest BCUT2D eigenvalue weighted by molar-refractivity contribution is 5.92. The zero-order valence-electron chi connectivity index (χ0n) is 9.25. The Bertz CT molecular complexity index is 292. The molecule has 0 bridgehead atoms. The van der Waals surface area contributed by atoms with Crippen molar-refractivity contribution in [1.82, 2.24) is 0 Å². The van der Waals surface area contributed by atoms with E-state index >= 15 is 0 Å². The fourth-order valence-electron chi connectivity index (χ4n) is 1.24. The van der Waals surface area contributed by atoms with Crippen molar-refractivity contribution < 1.29 is 13.9 Å². The average molecular weight is 212 g/mol. The smallest absolute Gasteiger partial charge is 0.340 e. The van der Waals surface area contributed by atoms with E-state index in [1.165, 1.54) is 6.08 Å². The lowest BCUT2D eigenvalue weighted by atomic mass is 10.1. The molecule has 1 atom stereocenters. The van der Waals surface area contributed by atoms with Crippen LogP contribution in [0.5, 0.6) is 0 Å². The molecule has 2 nitrogen and oxygen atoms in total. The quantitative estimate of drug-likeness (QED) is 0.669. The third kappa shape index (κ3) is 3.50. The molecule has 0 saturated heterocycles. The number of hydrogen-bond acceptors (Lipinski definition) is 2. The maximum atomic E-state index is 13.2. The highest BCUT2D eigenvalue weighted by atomic mass is 19.1. The summed E-state index contributed by atoms with van der Waals surface area (Å²) in [5, 5.41) is 0. The first-order chi connectivity index (χ1) is 7.15. The summed E-state index contributed by atoms with van der Waals surface area (Å²) < 4.78 is 18.2. The lowest BCUT2D eigenvalue weighted by Gasteiger charge is -2.12. The topological polar surface area (TPSA) is 26.3 Å². The van der Waals surface area contributed by atoms with Gasteiger partial charge in [-0.05, 0) is 24.8 Å². The van der Waals surface area contributed by atoms with Crippen LogP contribution < -0.4 is 0 Å². The molecule has 0 aromatic carbocycles. The number of carbonyl (C=O) groups excluding carboxylic acids is 1. The molecular weight excluding hydrogens is 195 g/mol.